The zero-order chi connectivity index (χ0) is 12.3. The average molecular weight is 222 g/mol. The lowest BCUT2D eigenvalue weighted by atomic mass is 10.1. The first-order valence-corrected chi connectivity index (χ1v) is 4.35. The molecule has 6 heteroatoms. The fraction of sp³-hybridized carbons (Fsp3) is 0.100. The van der Waals surface area contributed by atoms with Gasteiger partial charge in [-0.15, -0.1) is 0 Å². The summed E-state index contributed by atoms with van der Waals surface area (Å²) in [5.41, 5.74) is 5.14. The number of nitrogens with two attached hydrogens (primary N) is 1. The van der Waals surface area contributed by atoms with Gasteiger partial charge in [0, 0.05) is 7.05 Å². The quantitative estimate of drug-likeness (QED) is 0.573. The Labute approximate surface area is 91.3 Å². The minimum atomic E-state index is -1.58. The summed E-state index contributed by atoms with van der Waals surface area (Å²) in [4.78, 5) is 33.8. The van der Waals surface area contributed by atoms with Gasteiger partial charge in [0.1, 0.15) is 0 Å². The monoisotopic (exact) mass is 222 g/mol. The van der Waals surface area contributed by atoms with Gasteiger partial charge in [-0.3, -0.25) is 9.69 Å². The number of Topliss-reactive ketones (excluding diaryl/α,β-unsaturated/α-hetero) is 1. The molecule has 1 aromatic carbocycles. The van der Waals surface area contributed by atoms with Crippen LogP contribution in [0.2, 0.25) is 0 Å². The molecule has 1 rings (SSSR count). The number of amides is 2. The first kappa shape index (κ1) is 11.7. The maximum atomic E-state index is 11.3. The van der Waals surface area contributed by atoms with Crippen LogP contribution in [0.1, 0.15) is 10.4 Å². The van der Waals surface area contributed by atoms with E-state index in [9.17, 15) is 14.4 Å². The zero-order valence-electron chi connectivity index (χ0n) is 8.51. The predicted octanol–water partition coefficient (Wildman–Crippen LogP) is 0.469. The number of carboxylic acid groups (broad SMARTS) is 1. The van der Waals surface area contributed by atoms with Gasteiger partial charge in [-0.2, -0.15) is 0 Å². The molecule has 0 atom stereocenters. The van der Waals surface area contributed by atoms with E-state index in [-0.39, 0.29) is 11.3 Å². The summed E-state index contributed by atoms with van der Waals surface area (Å²) in [7, 11) is 1.36. The van der Waals surface area contributed by atoms with Crippen molar-refractivity contribution in [2.75, 3.05) is 11.9 Å². The molecule has 84 valence electrons. The molecule has 0 saturated carbocycles. The Kier molecular flexibility index (Phi) is 3.24. The third-order valence-corrected chi connectivity index (χ3v) is 2.03. The summed E-state index contributed by atoms with van der Waals surface area (Å²) >= 11 is 0. The van der Waals surface area contributed by atoms with Crippen LogP contribution in [0.3, 0.4) is 0 Å². The fourth-order valence-electron chi connectivity index (χ4n) is 1.19. The molecule has 0 aromatic heterocycles. The second-order valence-electron chi connectivity index (χ2n) is 3.05. The van der Waals surface area contributed by atoms with Gasteiger partial charge in [-0.05, 0) is 12.1 Å². The molecule has 1 aromatic rings. The van der Waals surface area contributed by atoms with E-state index in [2.05, 4.69) is 0 Å². The summed E-state index contributed by atoms with van der Waals surface area (Å²) in [5, 5.41) is 8.60. The van der Waals surface area contributed by atoms with Crippen LogP contribution in [0, 0.1) is 0 Å². The lowest BCUT2D eigenvalue weighted by molar-refractivity contribution is -0.131. The van der Waals surface area contributed by atoms with Gasteiger partial charge >= 0.3 is 12.0 Å². The highest BCUT2D eigenvalue weighted by Gasteiger charge is 2.21. The molecular formula is C10H10N2O4. The van der Waals surface area contributed by atoms with E-state index in [0.29, 0.717) is 0 Å². The van der Waals surface area contributed by atoms with E-state index in [1.165, 1.54) is 25.2 Å². The van der Waals surface area contributed by atoms with Crippen LogP contribution in [-0.2, 0) is 4.79 Å². The topological polar surface area (TPSA) is 101 Å². The summed E-state index contributed by atoms with van der Waals surface area (Å²) < 4.78 is 0. The second kappa shape index (κ2) is 4.43. The molecule has 0 bridgehead atoms. The number of carbonyl (C=O) groups excluding carboxylic acids is 2. The largest absolute Gasteiger partial charge is 0.475 e. The van der Waals surface area contributed by atoms with Crippen molar-refractivity contribution in [2.45, 2.75) is 0 Å². The molecule has 3 N–H and O–H groups in total. The highest BCUT2D eigenvalue weighted by atomic mass is 16.4. The number of rotatable bonds is 3. The third kappa shape index (κ3) is 2.17. The predicted molar refractivity (Wildman–Crippen MR) is 56.4 cm³/mol. The molecule has 2 amide bonds. The normalized spacial score (nSPS) is 9.56. The first-order valence-electron chi connectivity index (χ1n) is 4.35. The number of para-hydroxylation sites is 1. The Morgan fingerprint density at radius 2 is 1.81 bits per heavy atom. The number of ketones is 1. The van der Waals surface area contributed by atoms with Gasteiger partial charge in [0.2, 0.25) is 0 Å². The molecular weight excluding hydrogens is 212 g/mol. The molecule has 16 heavy (non-hydrogen) atoms. The first-order chi connectivity index (χ1) is 7.45. The number of hydrogen-bond donors (Lipinski definition) is 2. The second-order valence-corrected chi connectivity index (χ2v) is 3.05. The van der Waals surface area contributed by atoms with Crippen LogP contribution in [0.25, 0.3) is 0 Å². The van der Waals surface area contributed by atoms with Crippen LogP contribution in [0.15, 0.2) is 24.3 Å². The minimum Gasteiger partial charge on any atom is -0.475 e. The van der Waals surface area contributed by atoms with E-state index in [4.69, 9.17) is 10.8 Å². The Morgan fingerprint density at radius 3 is 2.31 bits per heavy atom. The van der Waals surface area contributed by atoms with Gasteiger partial charge in [0.25, 0.3) is 5.78 Å². The summed E-state index contributed by atoms with van der Waals surface area (Å²) in [5.74, 6) is -2.66. The molecule has 0 spiro atoms. The Morgan fingerprint density at radius 1 is 1.25 bits per heavy atom. The van der Waals surface area contributed by atoms with Crippen molar-refractivity contribution in [3.05, 3.63) is 29.8 Å². The van der Waals surface area contributed by atoms with Crippen molar-refractivity contribution in [3.63, 3.8) is 0 Å². The van der Waals surface area contributed by atoms with Gasteiger partial charge in [0.05, 0.1) is 11.3 Å². The number of anilines is 1. The Balaban J connectivity index is 3.25. The highest BCUT2D eigenvalue weighted by molar-refractivity contribution is 6.41. The van der Waals surface area contributed by atoms with E-state index < -0.39 is 17.8 Å². The number of carboxylic acids is 1. The van der Waals surface area contributed by atoms with Gasteiger partial charge in [-0.1, -0.05) is 12.1 Å². The van der Waals surface area contributed by atoms with E-state index in [1.807, 2.05) is 0 Å². The molecule has 0 heterocycles. The number of benzene rings is 1. The number of nitrogens with zero attached hydrogens (tertiary/aromatic N) is 1. The smallest absolute Gasteiger partial charge is 0.377 e. The SMILES string of the molecule is CN(C(N)=O)c1ccccc1C(=O)C(=O)O. The molecule has 0 aliphatic heterocycles. The number of primary amides is 1. The number of hydrogen-bond acceptors (Lipinski definition) is 3. The molecule has 0 unspecified atom stereocenters. The number of carbonyl (C=O) groups is 3. The molecule has 0 fully saturated rings. The Bertz CT molecular complexity index is 456. The lowest BCUT2D eigenvalue weighted by Crippen LogP contribution is -2.33. The molecule has 6 nitrogen and oxygen atoms in total. The standard InChI is InChI=1S/C10H10N2O4/c1-12(10(11)16)7-5-3-2-4-6(7)8(13)9(14)15/h2-5H,1H3,(H2,11,16)(H,14,15). The molecule has 0 aliphatic rings. The van der Waals surface area contributed by atoms with Crippen LogP contribution in [-0.4, -0.2) is 29.9 Å². The van der Waals surface area contributed by atoms with Crippen molar-refractivity contribution in [2.24, 2.45) is 5.73 Å². The van der Waals surface area contributed by atoms with E-state index in [1.54, 1.807) is 6.07 Å². The zero-order valence-corrected chi connectivity index (χ0v) is 8.51. The molecule has 0 aliphatic carbocycles. The van der Waals surface area contributed by atoms with E-state index in [0.717, 1.165) is 4.90 Å². The summed E-state index contributed by atoms with van der Waals surface area (Å²) in [6, 6.07) is 5.08. The Hall–Kier alpha value is -2.37. The van der Waals surface area contributed by atoms with Gasteiger partial charge in [-0.25, -0.2) is 9.59 Å². The third-order valence-electron chi connectivity index (χ3n) is 2.03. The number of urea groups is 1. The summed E-state index contributed by atoms with van der Waals surface area (Å²) in [6.07, 6.45) is 0. The van der Waals surface area contributed by atoms with Crippen LogP contribution < -0.4 is 10.6 Å². The van der Waals surface area contributed by atoms with Crippen molar-refractivity contribution < 1.29 is 19.5 Å². The maximum Gasteiger partial charge on any atom is 0.377 e. The lowest BCUT2D eigenvalue weighted by Gasteiger charge is -2.16. The maximum absolute atomic E-state index is 11.3. The fourth-order valence-corrected chi connectivity index (χ4v) is 1.19. The molecule has 0 saturated heterocycles. The van der Waals surface area contributed by atoms with Gasteiger partial charge < -0.3 is 10.8 Å². The van der Waals surface area contributed by atoms with Gasteiger partial charge in [0.15, 0.2) is 0 Å². The van der Waals surface area contributed by atoms with Crippen molar-refractivity contribution >= 4 is 23.5 Å². The van der Waals surface area contributed by atoms with Crippen LogP contribution in [0.5, 0.6) is 0 Å². The van der Waals surface area contributed by atoms with Crippen LogP contribution in [0.4, 0.5) is 10.5 Å². The highest BCUT2D eigenvalue weighted by Crippen LogP contribution is 2.19. The van der Waals surface area contributed by atoms with E-state index >= 15 is 0 Å². The van der Waals surface area contributed by atoms with Crippen molar-refractivity contribution in [3.8, 4) is 0 Å². The van der Waals surface area contributed by atoms with Crippen molar-refractivity contribution in [1.82, 2.24) is 0 Å². The van der Waals surface area contributed by atoms with Crippen LogP contribution >= 0.6 is 0 Å². The summed E-state index contributed by atoms with van der Waals surface area (Å²) in [6.45, 7) is 0. The molecule has 0 radical (unpaired) electrons. The minimum absolute atomic E-state index is 0.0729. The van der Waals surface area contributed by atoms with Crippen molar-refractivity contribution in [1.29, 1.82) is 0 Å². The average Bonchev–Trinajstić information content (AvgIpc) is 2.26. The number of aliphatic carboxylic acids is 1.